The minimum atomic E-state index is -0.0582. The fourth-order valence-corrected chi connectivity index (χ4v) is 1.80. The number of aryl methyl sites for hydroxylation is 1. The molecule has 0 aliphatic carbocycles. The molecule has 1 aromatic heterocycles. The van der Waals surface area contributed by atoms with Crippen molar-refractivity contribution in [1.29, 1.82) is 0 Å². The quantitative estimate of drug-likeness (QED) is 0.733. The van der Waals surface area contributed by atoms with Crippen molar-refractivity contribution in [2.75, 3.05) is 13.2 Å². The predicted octanol–water partition coefficient (Wildman–Crippen LogP) is 2.25. The van der Waals surface area contributed by atoms with E-state index in [1.54, 1.807) is 6.20 Å². The highest BCUT2D eigenvalue weighted by Crippen LogP contribution is 2.06. The molecule has 1 amide bonds. The van der Waals surface area contributed by atoms with Crippen molar-refractivity contribution in [1.82, 2.24) is 10.3 Å². The Morgan fingerprint density at radius 1 is 1.53 bits per heavy atom. The first-order chi connectivity index (χ1) is 9.13. The smallest absolute Gasteiger partial charge is 0.246 e. The highest BCUT2D eigenvalue weighted by Gasteiger charge is 2.10. The number of hydrogen-bond donors (Lipinski definition) is 1. The molecule has 1 aromatic rings. The van der Waals surface area contributed by atoms with Gasteiger partial charge in [-0.15, -0.1) is 0 Å². The predicted molar refractivity (Wildman–Crippen MR) is 76.0 cm³/mol. The number of hydrogen-bond acceptors (Lipinski definition) is 3. The maximum Gasteiger partial charge on any atom is 0.246 e. The van der Waals surface area contributed by atoms with Crippen LogP contribution in [0.4, 0.5) is 0 Å². The lowest BCUT2D eigenvalue weighted by atomic mass is 10.1. The number of nitrogens with one attached hydrogen (secondary N) is 1. The molecule has 19 heavy (non-hydrogen) atoms. The summed E-state index contributed by atoms with van der Waals surface area (Å²) in [7, 11) is 0. The first-order valence-corrected chi connectivity index (χ1v) is 6.91. The first-order valence-electron chi connectivity index (χ1n) is 6.91. The summed E-state index contributed by atoms with van der Waals surface area (Å²) in [4.78, 5) is 16.0. The van der Waals surface area contributed by atoms with Crippen molar-refractivity contribution >= 4 is 5.91 Å². The highest BCUT2D eigenvalue weighted by atomic mass is 16.5. The molecule has 1 N–H and O–H groups in total. The number of nitrogens with zero attached hydrogens (tertiary/aromatic N) is 1. The number of carbonyl (C=O) groups is 1. The van der Waals surface area contributed by atoms with Crippen LogP contribution >= 0.6 is 0 Å². The van der Waals surface area contributed by atoms with Gasteiger partial charge in [0, 0.05) is 31.0 Å². The van der Waals surface area contributed by atoms with Gasteiger partial charge in [0.05, 0.1) is 0 Å². The van der Waals surface area contributed by atoms with Crippen LogP contribution in [0.3, 0.4) is 0 Å². The van der Waals surface area contributed by atoms with Crippen molar-refractivity contribution in [3.63, 3.8) is 0 Å². The summed E-state index contributed by atoms with van der Waals surface area (Å²) in [5, 5.41) is 2.93. The van der Waals surface area contributed by atoms with Gasteiger partial charge in [0.15, 0.2) is 0 Å². The molecule has 4 nitrogen and oxygen atoms in total. The number of rotatable bonds is 8. The number of amides is 1. The summed E-state index contributed by atoms with van der Waals surface area (Å²) >= 11 is 0. The summed E-state index contributed by atoms with van der Waals surface area (Å²) in [6.07, 6.45) is 4.60. The summed E-state index contributed by atoms with van der Waals surface area (Å²) < 4.78 is 5.28. The van der Waals surface area contributed by atoms with Gasteiger partial charge in [0.2, 0.25) is 5.91 Å². The Morgan fingerprint density at radius 3 is 3.00 bits per heavy atom. The lowest BCUT2D eigenvalue weighted by Gasteiger charge is -2.14. The van der Waals surface area contributed by atoms with Crippen LogP contribution in [-0.4, -0.2) is 30.1 Å². The lowest BCUT2D eigenvalue weighted by molar-refractivity contribution is -0.126. The van der Waals surface area contributed by atoms with Gasteiger partial charge < -0.3 is 10.1 Å². The average molecular weight is 264 g/mol. The molecule has 0 spiro atoms. The summed E-state index contributed by atoms with van der Waals surface area (Å²) in [6, 6.07) is 4.02. The number of unbranched alkanes of at least 4 members (excludes halogenated alkanes) is 1. The van der Waals surface area contributed by atoms with Crippen LogP contribution in [0.25, 0.3) is 0 Å². The largest absolute Gasteiger partial charge is 0.372 e. The Labute approximate surface area is 115 Å². The van der Waals surface area contributed by atoms with Gasteiger partial charge in [-0.1, -0.05) is 19.4 Å². The Bertz CT molecular complexity index is 393. The van der Waals surface area contributed by atoms with Crippen molar-refractivity contribution in [2.45, 2.75) is 46.1 Å². The zero-order valence-corrected chi connectivity index (χ0v) is 12.1. The van der Waals surface area contributed by atoms with Crippen LogP contribution in [0, 0.1) is 6.92 Å². The van der Waals surface area contributed by atoms with E-state index in [2.05, 4.69) is 17.2 Å². The van der Waals surface area contributed by atoms with E-state index in [4.69, 9.17) is 4.74 Å². The highest BCUT2D eigenvalue weighted by molar-refractivity contribution is 5.77. The van der Waals surface area contributed by atoms with E-state index in [9.17, 15) is 4.79 Å². The van der Waals surface area contributed by atoms with Crippen LogP contribution in [0.1, 0.15) is 37.9 Å². The molecule has 0 saturated heterocycles. The Hall–Kier alpha value is -1.42. The summed E-state index contributed by atoms with van der Waals surface area (Å²) in [5.41, 5.74) is 2.19. The van der Waals surface area contributed by atoms with Crippen LogP contribution < -0.4 is 5.32 Å². The van der Waals surface area contributed by atoms with Gasteiger partial charge in [0.1, 0.15) is 6.61 Å². The zero-order valence-electron chi connectivity index (χ0n) is 12.1. The second-order valence-corrected chi connectivity index (χ2v) is 4.85. The van der Waals surface area contributed by atoms with E-state index in [-0.39, 0.29) is 18.6 Å². The third-order valence-corrected chi connectivity index (χ3v) is 2.90. The molecule has 0 bridgehead atoms. The number of aromatic nitrogens is 1. The molecule has 106 valence electrons. The third-order valence-electron chi connectivity index (χ3n) is 2.90. The average Bonchev–Trinajstić information content (AvgIpc) is 2.37. The molecule has 4 heteroatoms. The minimum Gasteiger partial charge on any atom is -0.372 e. The van der Waals surface area contributed by atoms with E-state index in [0.717, 1.165) is 30.5 Å². The normalized spacial score (nSPS) is 12.2. The fourth-order valence-electron chi connectivity index (χ4n) is 1.80. The number of pyridine rings is 1. The molecule has 1 atom stereocenters. The first kappa shape index (κ1) is 15.6. The zero-order chi connectivity index (χ0) is 14.1. The number of ether oxygens (including phenoxy) is 1. The third kappa shape index (κ3) is 6.34. The van der Waals surface area contributed by atoms with Crippen LogP contribution in [0.15, 0.2) is 18.3 Å². The van der Waals surface area contributed by atoms with E-state index in [1.165, 1.54) is 0 Å². The monoisotopic (exact) mass is 264 g/mol. The molecule has 0 saturated carbocycles. The van der Waals surface area contributed by atoms with Crippen LogP contribution in [0.5, 0.6) is 0 Å². The van der Waals surface area contributed by atoms with Crippen molar-refractivity contribution in [3.05, 3.63) is 29.6 Å². The fraction of sp³-hybridized carbons (Fsp3) is 0.600. The van der Waals surface area contributed by atoms with E-state index < -0.39 is 0 Å². The maximum absolute atomic E-state index is 11.6. The molecular formula is C15H24N2O2. The molecule has 0 aromatic carbocycles. The van der Waals surface area contributed by atoms with Crippen molar-refractivity contribution in [3.8, 4) is 0 Å². The van der Waals surface area contributed by atoms with Crippen LogP contribution in [0.2, 0.25) is 0 Å². The number of carbonyl (C=O) groups excluding carboxylic acids is 1. The van der Waals surface area contributed by atoms with Crippen molar-refractivity contribution < 1.29 is 9.53 Å². The SMILES string of the molecule is CCCCOCC(=O)N[C@H](C)Cc1ncccc1C. The molecular weight excluding hydrogens is 240 g/mol. The lowest BCUT2D eigenvalue weighted by Crippen LogP contribution is -2.37. The minimum absolute atomic E-state index is 0.0582. The Morgan fingerprint density at radius 2 is 2.32 bits per heavy atom. The second-order valence-electron chi connectivity index (χ2n) is 4.85. The molecule has 0 aliphatic heterocycles. The summed E-state index contributed by atoms with van der Waals surface area (Å²) in [6.45, 7) is 6.91. The van der Waals surface area contributed by atoms with Gasteiger partial charge in [0.25, 0.3) is 0 Å². The molecule has 0 fully saturated rings. The second kappa shape index (κ2) is 8.64. The van der Waals surface area contributed by atoms with Crippen LogP contribution in [-0.2, 0) is 16.0 Å². The van der Waals surface area contributed by atoms with E-state index in [1.807, 2.05) is 26.0 Å². The van der Waals surface area contributed by atoms with Gasteiger partial charge in [-0.05, 0) is 31.9 Å². The maximum atomic E-state index is 11.6. The molecule has 0 aliphatic rings. The van der Waals surface area contributed by atoms with Crippen molar-refractivity contribution in [2.24, 2.45) is 0 Å². The van der Waals surface area contributed by atoms with Gasteiger partial charge >= 0.3 is 0 Å². The molecule has 0 unspecified atom stereocenters. The standard InChI is InChI=1S/C15H24N2O2/c1-4-5-9-19-11-15(18)17-13(3)10-14-12(2)7-6-8-16-14/h6-8,13H,4-5,9-11H2,1-3H3,(H,17,18)/t13-/m1/s1. The molecule has 0 radical (unpaired) electrons. The molecule has 1 heterocycles. The van der Waals surface area contributed by atoms with Gasteiger partial charge in [-0.2, -0.15) is 0 Å². The van der Waals surface area contributed by atoms with E-state index >= 15 is 0 Å². The Balaban J connectivity index is 2.29. The summed E-state index contributed by atoms with van der Waals surface area (Å²) in [5.74, 6) is -0.0582. The topological polar surface area (TPSA) is 51.2 Å². The van der Waals surface area contributed by atoms with Gasteiger partial charge in [-0.25, -0.2) is 0 Å². The Kier molecular flexibility index (Phi) is 7.11. The van der Waals surface area contributed by atoms with E-state index in [0.29, 0.717) is 6.61 Å². The van der Waals surface area contributed by atoms with Gasteiger partial charge in [-0.3, -0.25) is 9.78 Å². The molecule has 1 rings (SSSR count).